The van der Waals surface area contributed by atoms with E-state index >= 15 is 0 Å². The number of benzene rings is 2. The summed E-state index contributed by atoms with van der Waals surface area (Å²) in [7, 11) is 1.61. The molecule has 0 aliphatic carbocycles. The van der Waals surface area contributed by atoms with Crippen LogP contribution in [0.25, 0.3) is 0 Å². The molecule has 26 heavy (non-hydrogen) atoms. The van der Waals surface area contributed by atoms with Gasteiger partial charge in [0.25, 0.3) is 5.91 Å². The van der Waals surface area contributed by atoms with E-state index in [2.05, 4.69) is 12.2 Å². The number of hydrogen-bond donors (Lipinski definition) is 1. The topological polar surface area (TPSA) is 56.8 Å². The lowest BCUT2D eigenvalue weighted by Crippen LogP contribution is -2.35. The van der Waals surface area contributed by atoms with Crippen LogP contribution >= 0.6 is 0 Å². The highest BCUT2D eigenvalue weighted by Gasteiger charge is 2.14. The van der Waals surface area contributed by atoms with Gasteiger partial charge in [0.1, 0.15) is 5.75 Å². The second-order valence-electron chi connectivity index (χ2n) is 5.98. The van der Waals surface area contributed by atoms with Crippen LogP contribution in [-0.2, 0) is 11.3 Å². The summed E-state index contributed by atoms with van der Waals surface area (Å²) in [5.41, 5.74) is 0.935. The smallest absolute Gasteiger partial charge is 0.261 e. The Morgan fingerprint density at radius 2 is 1.88 bits per heavy atom. The van der Waals surface area contributed by atoms with Crippen molar-refractivity contribution in [1.29, 1.82) is 0 Å². The van der Waals surface area contributed by atoms with E-state index < -0.39 is 6.10 Å². The van der Waals surface area contributed by atoms with Crippen LogP contribution in [-0.4, -0.2) is 25.7 Å². The molecule has 0 bridgehead atoms. The fraction of sp³-hybridized carbons (Fsp3) is 0.381. The predicted molar refractivity (Wildman–Crippen MR) is 102 cm³/mol. The van der Waals surface area contributed by atoms with Crippen molar-refractivity contribution in [2.75, 3.05) is 13.7 Å². The number of carbonyl (C=O) groups is 1. The van der Waals surface area contributed by atoms with Gasteiger partial charge < -0.3 is 19.5 Å². The minimum Gasteiger partial charge on any atom is -0.493 e. The third-order valence-electron chi connectivity index (χ3n) is 3.88. The van der Waals surface area contributed by atoms with Crippen LogP contribution in [0.1, 0.15) is 32.3 Å². The zero-order valence-corrected chi connectivity index (χ0v) is 15.7. The molecular formula is C21H27NO4. The van der Waals surface area contributed by atoms with Crippen molar-refractivity contribution in [2.45, 2.75) is 39.3 Å². The number of carbonyl (C=O) groups excluding carboxylic acids is 1. The van der Waals surface area contributed by atoms with Crippen molar-refractivity contribution in [3.8, 4) is 17.2 Å². The van der Waals surface area contributed by atoms with E-state index in [1.807, 2.05) is 48.5 Å². The normalized spacial score (nSPS) is 11.5. The molecule has 1 atom stereocenters. The van der Waals surface area contributed by atoms with Gasteiger partial charge in [-0.1, -0.05) is 37.6 Å². The lowest BCUT2D eigenvalue weighted by Gasteiger charge is -2.15. The highest BCUT2D eigenvalue weighted by molar-refractivity contribution is 5.80. The zero-order chi connectivity index (χ0) is 18.8. The summed E-state index contributed by atoms with van der Waals surface area (Å²) in [5, 5.41) is 2.88. The Morgan fingerprint density at radius 1 is 1.12 bits per heavy atom. The first-order valence-corrected chi connectivity index (χ1v) is 8.93. The van der Waals surface area contributed by atoms with E-state index in [9.17, 15) is 4.79 Å². The fourth-order valence-corrected chi connectivity index (χ4v) is 2.36. The average Bonchev–Trinajstić information content (AvgIpc) is 2.67. The molecule has 1 amide bonds. The molecule has 0 saturated carbocycles. The average molecular weight is 357 g/mol. The van der Waals surface area contributed by atoms with Gasteiger partial charge in [0.05, 0.1) is 13.7 Å². The molecule has 0 aromatic heterocycles. The van der Waals surface area contributed by atoms with Crippen LogP contribution < -0.4 is 19.5 Å². The van der Waals surface area contributed by atoms with Gasteiger partial charge in [0.15, 0.2) is 17.6 Å². The number of hydrogen-bond acceptors (Lipinski definition) is 4. The quantitative estimate of drug-likeness (QED) is 0.654. The lowest BCUT2D eigenvalue weighted by molar-refractivity contribution is -0.127. The van der Waals surface area contributed by atoms with Crippen LogP contribution in [0.15, 0.2) is 48.5 Å². The van der Waals surface area contributed by atoms with Crippen molar-refractivity contribution in [1.82, 2.24) is 5.32 Å². The molecule has 0 aliphatic heterocycles. The van der Waals surface area contributed by atoms with Gasteiger partial charge in [-0.3, -0.25) is 4.79 Å². The van der Waals surface area contributed by atoms with Gasteiger partial charge in [-0.25, -0.2) is 0 Å². The maximum absolute atomic E-state index is 12.2. The van der Waals surface area contributed by atoms with Gasteiger partial charge in [0.2, 0.25) is 0 Å². The summed E-state index contributed by atoms with van der Waals surface area (Å²) in [5.74, 6) is 1.89. The van der Waals surface area contributed by atoms with Crippen molar-refractivity contribution in [3.63, 3.8) is 0 Å². The summed E-state index contributed by atoms with van der Waals surface area (Å²) in [6.45, 7) is 4.91. The Morgan fingerprint density at radius 3 is 2.58 bits per heavy atom. The molecule has 0 aliphatic rings. The zero-order valence-electron chi connectivity index (χ0n) is 15.7. The van der Waals surface area contributed by atoms with E-state index in [0.717, 1.165) is 24.2 Å². The Bertz CT molecular complexity index is 688. The summed E-state index contributed by atoms with van der Waals surface area (Å²) in [6.07, 6.45) is 1.51. The van der Waals surface area contributed by atoms with E-state index in [4.69, 9.17) is 14.2 Å². The van der Waals surface area contributed by atoms with Gasteiger partial charge in [0, 0.05) is 6.54 Å². The largest absolute Gasteiger partial charge is 0.493 e. The highest BCUT2D eigenvalue weighted by Crippen LogP contribution is 2.28. The number of amides is 1. The summed E-state index contributed by atoms with van der Waals surface area (Å²) in [6, 6.07) is 15.0. The second kappa shape index (κ2) is 10.3. The molecule has 0 radical (unpaired) electrons. The number of methoxy groups -OCH3 is 1. The SMILES string of the molecule is CCCCOc1ccc(CNC(=O)C(C)Oc2ccccc2)cc1OC. The molecule has 0 fully saturated rings. The molecule has 2 rings (SSSR count). The van der Waals surface area contributed by atoms with Crippen LogP contribution in [0.4, 0.5) is 0 Å². The molecule has 2 aromatic carbocycles. The molecule has 2 aromatic rings. The van der Waals surface area contributed by atoms with Gasteiger partial charge >= 0.3 is 0 Å². The molecule has 140 valence electrons. The minimum absolute atomic E-state index is 0.170. The molecule has 0 spiro atoms. The lowest BCUT2D eigenvalue weighted by atomic mass is 10.2. The molecule has 1 unspecified atom stereocenters. The molecule has 0 heterocycles. The molecule has 0 saturated heterocycles. The summed E-state index contributed by atoms with van der Waals surface area (Å²) < 4.78 is 16.7. The first-order chi connectivity index (χ1) is 12.6. The van der Waals surface area contributed by atoms with Crippen LogP contribution in [0.3, 0.4) is 0 Å². The van der Waals surface area contributed by atoms with Gasteiger partial charge in [-0.05, 0) is 43.2 Å². The minimum atomic E-state index is -0.573. The van der Waals surface area contributed by atoms with Crippen molar-refractivity contribution >= 4 is 5.91 Å². The van der Waals surface area contributed by atoms with Crippen molar-refractivity contribution < 1.29 is 19.0 Å². The molecule has 5 nitrogen and oxygen atoms in total. The number of unbranched alkanes of at least 4 members (excludes halogenated alkanes) is 1. The predicted octanol–water partition coefficient (Wildman–Crippen LogP) is 3.96. The number of nitrogens with one attached hydrogen (secondary N) is 1. The van der Waals surface area contributed by atoms with Crippen LogP contribution in [0.5, 0.6) is 17.2 Å². The molecule has 1 N–H and O–H groups in total. The number of ether oxygens (including phenoxy) is 3. The first kappa shape index (κ1) is 19.6. The summed E-state index contributed by atoms with van der Waals surface area (Å²) >= 11 is 0. The van der Waals surface area contributed by atoms with E-state index in [-0.39, 0.29) is 5.91 Å². The van der Waals surface area contributed by atoms with Crippen LogP contribution in [0.2, 0.25) is 0 Å². The Kier molecular flexibility index (Phi) is 7.80. The van der Waals surface area contributed by atoms with Gasteiger partial charge in [-0.15, -0.1) is 0 Å². The fourth-order valence-electron chi connectivity index (χ4n) is 2.36. The second-order valence-corrected chi connectivity index (χ2v) is 5.98. The van der Waals surface area contributed by atoms with E-state index in [1.165, 1.54) is 0 Å². The van der Waals surface area contributed by atoms with Crippen molar-refractivity contribution in [2.24, 2.45) is 0 Å². The van der Waals surface area contributed by atoms with Crippen LogP contribution in [0, 0.1) is 0 Å². The third-order valence-corrected chi connectivity index (χ3v) is 3.88. The Balaban J connectivity index is 1.88. The maximum atomic E-state index is 12.2. The summed E-state index contributed by atoms with van der Waals surface area (Å²) in [4.78, 5) is 12.2. The van der Waals surface area contributed by atoms with Gasteiger partial charge in [-0.2, -0.15) is 0 Å². The standard InChI is InChI=1S/C21H27NO4/c1-4-5-13-25-19-12-11-17(14-20(19)24-3)15-22-21(23)16(2)26-18-9-7-6-8-10-18/h6-12,14,16H,4-5,13,15H2,1-3H3,(H,22,23). The highest BCUT2D eigenvalue weighted by atomic mass is 16.5. The Hall–Kier alpha value is -2.69. The molecular weight excluding hydrogens is 330 g/mol. The van der Waals surface area contributed by atoms with E-state index in [1.54, 1.807) is 14.0 Å². The van der Waals surface area contributed by atoms with E-state index in [0.29, 0.717) is 24.7 Å². The van der Waals surface area contributed by atoms with Crippen molar-refractivity contribution in [3.05, 3.63) is 54.1 Å². The first-order valence-electron chi connectivity index (χ1n) is 8.93. The maximum Gasteiger partial charge on any atom is 0.261 e. The number of para-hydroxylation sites is 1. The Labute approximate surface area is 155 Å². The number of rotatable bonds is 10. The third kappa shape index (κ3) is 5.99. The monoisotopic (exact) mass is 357 g/mol. The molecule has 5 heteroatoms.